The molecule has 1 aliphatic carbocycles. The lowest BCUT2D eigenvalue weighted by molar-refractivity contribution is -0.146. The van der Waals surface area contributed by atoms with Crippen molar-refractivity contribution in [3.05, 3.63) is 24.3 Å². The van der Waals surface area contributed by atoms with E-state index in [1.807, 2.05) is 12.1 Å². The minimum Gasteiger partial charge on any atom is -0.497 e. The molecule has 1 heterocycles. The lowest BCUT2D eigenvalue weighted by Crippen LogP contribution is -2.46. The summed E-state index contributed by atoms with van der Waals surface area (Å²) in [5.74, 6) is 0.900. The third-order valence-electron chi connectivity index (χ3n) is 5.39. The summed E-state index contributed by atoms with van der Waals surface area (Å²) < 4.78 is 10.1. The van der Waals surface area contributed by atoms with Gasteiger partial charge in [0.25, 0.3) is 0 Å². The van der Waals surface area contributed by atoms with E-state index in [0.717, 1.165) is 37.1 Å². The normalized spacial score (nSPS) is 25.9. The van der Waals surface area contributed by atoms with Crippen molar-refractivity contribution in [2.24, 2.45) is 5.92 Å². The van der Waals surface area contributed by atoms with Gasteiger partial charge in [0.2, 0.25) is 5.91 Å². The number of esters is 1. The Hall–Kier alpha value is -2.08. The third-order valence-corrected chi connectivity index (χ3v) is 5.39. The lowest BCUT2D eigenvalue weighted by atomic mass is 9.85. The molecule has 1 aliphatic heterocycles. The van der Waals surface area contributed by atoms with E-state index in [-0.39, 0.29) is 24.5 Å². The van der Waals surface area contributed by atoms with Crippen LogP contribution in [0.2, 0.25) is 0 Å². The molecule has 0 aromatic heterocycles. The number of benzene rings is 1. The van der Waals surface area contributed by atoms with Gasteiger partial charge >= 0.3 is 5.97 Å². The zero-order valence-electron chi connectivity index (χ0n) is 14.9. The fraction of sp³-hybridized carbons (Fsp3) is 0.579. The molecule has 1 saturated carbocycles. The molecule has 2 aliphatic rings. The summed E-state index contributed by atoms with van der Waals surface area (Å²) >= 11 is 0. The number of amides is 1. The fourth-order valence-corrected chi connectivity index (χ4v) is 4.19. The Morgan fingerprint density at radius 2 is 1.88 bits per heavy atom. The van der Waals surface area contributed by atoms with Gasteiger partial charge in [0.15, 0.2) is 0 Å². The lowest BCUT2D eigenvalue weighted by Gasteiger charge is -2.32. The first-order chi connectivity index (χ1) is 12.1. The van der Waals surface area contributed by atoms with E-state index in [0.29, 0.717) is 12.0 Å². The van der Waals surface area contributed by atoms with Gasteiger partial charge in [-0.05, 0) is 49.4 Å². The van der Waals surface area contributed by atoms with Crippen molar-refractivity contribution in [3.63, 3.8) is 0 Å². The Morgan fingerprint density at radius 1 is 1.16 bits per heavy atom. The Balaban J connectivity index is 1.66. The highest BCUT2D eigenvalue weighted by atomic mass is 16.5. The largest absolute Gasteiger partial charge is 0.497 e. The maximum absolute atomic E-state index is 12.5. The van der Waals surface area contributed by atoms with Crippen LogP contribution in [0.4, 0.5) is 5.69 Å². The number of nitrogens with zero attached hydrogens (tertiary/aromatic N) is 1. The molecule has 3 rings (SSSR count). The minimum absolute atomic E-state index is 0.106. The standard InChI is InChI=1S/C19H26N2O4/c1-24-15-9-7-14(8-10-15)20-18(22)12-21-16-6-4-3-5-13(16)11-17(21)19(23)25-2/h7-10,13,16-17H,3-6,11-12H2,1-2H3,(H,20,22)/t13-,16-,17+/m1/s1. The Labute approximate surface area is 148 Å². The number of methoxy groups -OCH3 is 2. The van der Waals surface area contributed by atoms with Crippen molar-refractivity contribution in [2.45, 2.75) is 44.2 Å². The van der Waals surface area contributed by atoms with E-state index >= 15 is 0 Å². The maximum atomic E-state index is 12.5. The van der Waals surface area contributed by atoms with Gasteiger partial charge in [-0.15, -0.1) is 0 Å². The summed E-state index contributed by atoms with van der Waals surface area (Å²) in [7, 11) is 3.02. The van der Waals surface area contributed by atoms with Gasteiger partial charge in [-0.2, -0.15) is 0 Å². The van der Waals surface area contributed by atoms with Gasteiger partial charge in [-0.3, -0.25) is 14.5 Å². The summed E-state index contributed by atoms with van der Waals surface area (Å²) in [5.41, 5.74) is 0.722. The number of ether oxygens (including phenoxy) is 2. The molecule has 1 aromatic carbocycles. The van der Waals surface area contributed by atoms with E-state index in [4.69, 9.17) is 9.47 Å². The second kappa shape index (κ2) is 7.87. The molecule has 0 bridgehead atoms. The van der Waals surface area contributed by atoms with Gasteiger partial charge in [0.05, 0.1) is 20.8 Å². The fourth-order valence-electron chi connectivity index (χ4n) is 4.19. The first kappa shape index (κ1) is 17.7. The Kier molecular flexibility index (Phi) is 5.58. The van der Waals surface area contributed by atoms with Crippen molar-refractivity contribution >= 4 is 17.6 Å². The van der Waals surface area contributed by atoms with Crippen molar-refractivity contribution in [1.29, 1.82) is 0 Å². The zero-order chi connectivity index (χ0) is 17.8. The van der Waals surface area contributed by atoms with Crippen molar-refractivity contribution in [2.75, 3.05) is 26.1 Å². The smallest absolute Gasteiger partial charge is 0.323 e. The molecule has 0 unspecified atom stereocenters. The van der Waals surface area contributed by atoms with Crippen molar-refractivity contribution in [1.82, 2.24) is 4.90 Å². The molecule has 0 spiro atoms. The highest BCUT2D eigenvalue weighted by Crippen LogP contribution is 2.39. The van der Waals surface area contributed by atoms with Crippen molar-refractivity contribution in [3.8, 4) is 5.75 Å². The average molecular weight is 346 g/mol. The predicted octanol–water partition coefficient (Wildman–Crippen LogP) is 2.44. The number of hydrogen-bond donors (Lipinski definition) is 1. The van der Waals surface area contributed by atoms with Crippen LogP contribution in [0.15, 0.2) is 24.3 Å². The molecule has 136 valence electrons. The Morgan fingerprint density at radius 3 is 2.56 bits per heavy atom. The number of carbonyl (C=O) groups excluding carboxylic acids is 2. The maximum Gasteiger partial charge on any atom is 0.323 e. The van der Waals surface area contributed by atoms with Gasteiger partial charge in [-0.25, -0.2) is 0 Å². The second-order valence-corrected chi connectivity index (χ2v) is 6.84. The van der Waals surface area contributed by atoms with E-state index in [1.54, 1.807) is 19.2 Å². The summed E-state index contributed by atoms with van der Waals surface area (Å²) in [4.78, 5) is 26.7. The molecule has 0 radical (unpaired) electrons. The number of likely N-dealkylation sites (tertiary alicyclic amines) is 1. The van der Waals surface area contributed by atoms with Crippen LogP contribution in [-0.4, -0.2) is 49.6 Å². The topological polar surface area (TPSA) is 67.9 Å². The summed E-state index contributed by atoms with van der Waals surface area (Å²) in [6.07, 6.45) is 5.35. The quantitative estimate of drug-likeness (QED) is 0.830. The Bertz CT molecular complexity index is 616. The molecule has 1 aromatic rings. The summed E-state index contributed by atoms with van der Waals surface area (Å²) in [6.45, 7) is 0.215. The third kappa shape index (κ3) is 3.95. The number of nitrogens with one attached hydrogen (secondary N) is 1. The molecular weight excluding hydrogens is 320 g/mol. The van der Waals surface area contributed by atoms with E-state index < -0.39 is 0 Å². The van der Waals surface area contributed by atoms with Crippen molar-refractivity contribution < 1.29 is 19.1 Å². The summed E-state index contributed by atoms with van der Waals surface area (Å²) in [5, 5.41) is 2.90. The highest BCUT2D eigenvalue weighted by molar-refractivity contribution is 5.92. The molecule has 25 heavy (non-hydrogen) atoms. The highest BCUT2D eigenvalue weighted by Gasteiger charge is 2.46. The van der Waals surface area contributed by atoms with Gasteiger partial charge in [0, 0.05) is 11.7 Å². The van der Waals surface area contributed by atoms with Crippen LogP contribution in [0.3, 0.4) is 0 Å². The molecule has 1 amide bonds. The van der Waals surface area contributed by atoms with Crippen LogP contribution >= 0.6 is 0 Å². The molecule has 1 saturated heterocycles. The minimum atomic E-state index is -0.306. The number of fused-ring (bicyclic) bond motifs is 1. The zero-order valence-corrected chi connectivity index (χ0v) is 14.9. The van der Waals surface area contributed by atoms with Crippen LogP contribution in [0.1, 0.15) is 32.1 Å². The van der Waals surface area contributed by atoms with Crippen LogP contribution in [0, 0.1) is 5.92 Å². The van der Waals surface area contributed by atoms with E-state index in [9.17, 15) is 9.59 Å². The molecular formula is C19H26N2O4. The monoisotopic (exact) mass is 346 g/mol. The van der Waals surface area contributed by atoms with Gasteiger partial charge in [0.1, 0.15) is 11.8 Å². The first-order valence-electron chi connectivity index (χ1n) is 8.90. The molecule has 2 fully saturated rings. The molecule has 1 N–H and O–H groups in total. The van der Waals surface area contributed by atoms with Crippen LogP contribution in [-0.2, 0) is 14.3 Å². The van der Waals surface area contributed by atoms with E-state index in [1.165, 1.54) is 13.5 Å². The molecule has 6 nitrogen and oxygen atoms in total. The summed E-state index contributed by atoms with van der Waals surface area (Å²) in [6, 6.07) is 7.23. The number of hydrogen-bond acceptors (Lipinski definition) is 5. The SMILES string of the molecule is COC(=O)[C@@H]1C[C@H]2CCCC[C@H]2N1CC(=O)Nc1ccc(OC)cc1. The first-order valence-corrected chi connectivity index (χ1v) is 8.90. The van der Waals surface area contributed by atoms with Crippen LogP contribution in [0.25, 0.3) is 0 Å². The van der Waals surface area contributed by atoms with Crippen LogP contribution < -0.4 is 10.1 Å². The molecule has 6 heteroatoms. The average Bonchev–Trinajstić information content (AvgIpc) is 3.00. The van der Waals surface area contributed by atoms with Crippen LogP contribution in [0.5, 0.6) is 5.75 Å². The van der Waals surface area contributed by atoms with Gasteiger partial charge in [-0.1, -0.05) is 12.8 Å². The van der Waals surface area contributed by atoms with Gasteiger partial charge < -0.3 is 14.8 Å². The molecule has 3 atom stereocenters. The number of carbonyl (C=O) groups is 2. The number of rotatable bonds is 5. The predicted molar refractivity (Wildman–Crippen MR) is 94.5 cm³/mol. The second-order valence-electron chi connectivity index (χ2n) is 6.84. The van der Waals surface area contributed by atoms with E-state index in [2.05, 4.69) is 10.2 Å². The number of anilines is 1.